The standard InChI is InChI=1S/C19H28N6O2/c1-12-15(13(2)24(4)23-12)9-20-18(26)19(3)11-27-10-16-21-22-17(25(16)19)14-7-5-6-8-14/h14H,5-11H2,1-4H3,(H,20,26). The van der Waals surface area contributed by atoms with Crippen molar-refractivity contribution in [2.75, 3.05) is 6.61 Å². The first-order valence-electron chi connectivity index (χ1n) is 9.71. The number of aryl methyl sites for hydroxylation is 2. The molecule has 2 aromatic rings. The highest BCUT2D eigenvalue weighted by Gasteiger charge is 2.43. The topological polar surface area (TPSA) is 86.9 Å². The smallest absolute Gasteiger partial charge is 0.248 e. The van der Waals surface area contributed by atoms with Crippen LogP contribution in [0.4, 0.5) is 0 Å². The summed E-state index contributed by atoms with van der Waals surface area (Å²) in [5.74, 6) is 2.01. The number of nitrogens with zero attached hydrogens (tertiary/aromatic N) is 5. The second kappa shape index (κ2) is 6.74. The summed E-state index contributed by atoms with van der Waals surface area (Å²) in [6.45, 7) is 7.10. The summed E-state index contributed by atoms with van der Waals surface area (Å²) in [5.41, 5.74) is 2.23. The van der Waals surface area contributed by atoms with Gasteiger partial charge in [-0.2, -0.15) is 5.10 Å². The van der Waals surface area contributed by atoms with Crippen molar-refractivity contribution in [2.24, 2.45) is 7.05 Å². The Hall–Kier alpha value is -2.22. The molecule has 2 aromatic heterocycles. The molecule has 1 amide bonds. The lowest BCUT2D eigenvalue weighted by Gasteiger charge is -2.36. The Morgan fingerprint density at radius 2 is 2.04 bits per heavy atom. The van der Waals surface area contributed by atoms with Crippen molar-refractivity contribution >= 4 is 5.91 Å². The highest BCUT2D eigenvalue weighted by Crippen LogP contribution is 2.37. The Morgan fingerprint density at radius 1 is 1.30 bits per heavy atom. The summed E-state index contributed by atoms with van der Waals surface area (Å²) < 4.78 is 9.60. The summed E-state index contributed by atoms with van der Waals surface area (Å²) >= 11 is 0. The fraction of sp³-hybridized carbons (Fsp3) is 0.684. The molecule has 1 N–H and O–H groups in total. The Labute approximate surface area is 159 Å². The Kier molecular flexibility index (Phi) is 4.53. The minimum Gasteiger partial charge on any atom is -0.370 e. The molecule has 1 aliphatic carbocycles. The molecule has 4 rings (SSSR count). The average Bonchev–Trinajstić information content (AvgIpc) is 3.35. The molecular formula is C19H28N6O2. The van der Waals surface area contributed by atoms with Gasteiger partial charge in [0.1, 0.15) is 18.0 Å². The van der Waals surface area contributed by atoms with E-state index in [0.717, 1.165) is 41.4 Å². The maximum atomic E-state index is 13.3. The highest BCUT2D eigenvalue weighted by atomic mass is 16.5. The zero-order chi connectivity index (χ0) is 19.2. The van der Waals surface area contributed by atoms with Crippen LogP contribution in [0.3, 0.4) is 0 Å². The second-order valence-electron chi connectivity index (χ2n) is 8.01. The Morgan fingerprint density at radius 3 is 2.70 bits per heavy atom. The number of hydrogen-bond acceptors (Lipinski definition) is 5. The molecule has 0 spiro atoms. The third-order valence-corrected chi connectivity index (χ3v) is 6.16. The van der Waals surface area contributed by atoms with Crippen LogP contribution in [-0.4, -0.2) is 37.1 Å². The molecule has 0 saturated heterocycles. The van der Waals surface area contributed by atoms with Crippen LogP contribution in [-0.2, 0) is 35.3 Å². The minimum atomic E-state index is -0.834. The molecule has 2 aliphatic rings. The third-order valence-electron chi connectivity index (χ3n) is 6.16. The number of nitrogens with one attached hydrogen (secondary N) is 1. The summed E-state index contributed by atoms with van der Waals surface area (Å²) in [6.07, 6.45) is 4.66. The summed E-state index contributed by atoms with van der Waals surface area (Å²) in [7, 11) is 1.92. The van der Waals surface area contributed by atoms with Crippen LogP contribution in [0.25, 0.3) is 0 Å². The van der Waals surface area contributed by atoms with Gasteiger partial charge in [0, 0.05) is 30.8 Å². The number of aromatic nitrogens is 5. The predicted molar refractivity (Wildman–Crippen MR) is 99.1 cm³/mol. The van der Waals surface area contributed by atoms with Gasteiger partial charge in [0.15, 0.2) is 5.82 Å². The Bertz CT molecular complexity index is 864. The molecule has 27 heavy (non-hydrogen) atoms. The highest BCUT2D eigenvalue weighted by molar-refractivity contribution is 5.84. The van der Waals surface area contributed by atoms with E-state index in [9.17, 15) is 4.79 Å². The summed E-state index contributed by atoms with van der Waals surface area (Å²) in [5, 5.41) is 16.3. The van der Waals surface area contributed by atoms with E-state index in [2.05, 4.69) is 20.6 Å². The number of amides is 1. The van der Waals surface area contributed by atoms with Crippen LogP contribution in [0.1, 0.15) is 67.1 Å². The van der Waals surface area contributed by atoms with Crippen LogP contribution in [0.5, 0.6) is 0 Å². The molecule has 0 radical (unpaired) electrons. The summed E-state index contributed by atoms with van der Waals surface area (Å²) in [6, 6.07) is 0. The fourth-order valence-electron chi connectivity index (χ4n) is 4.42. The van der Waals surface area contributed by atoms with E-state index in [1.807, 2.05) is 37.1 Å². The lowest BCUT2D eigenvalue weighted by atomic mass is 9.97. The van der Waals surface area contributed by atoms with Crippen LogP contribution >= 0.6 is 0 Å². The number of carbonyl (C=O) groups excluding carboxylic acids is 1. The molecule has 8 nitrogen and oxygen atoms in total. The van der Waals surface area contributed by atoms with Gasteiger partial charge in [-0.3, -0.25) is 14.0 Å². The van der Waals surface area contributed by atoms with Gasteiger partial charge < -0.3 is 10.1 Å². The molecule has 1 fully saturated rings. The SMILES string of the molecule is Cc1nn(C)c(C)c1CNC(=O)C1(C)COCc2nnc(C3CCCC3)n21. The monoisotopic (exact) mass is 372 g/mol. The van der Waals surface area contributed by atoms with E-state index < -0.39 is 5.54 Å². The van der Waals surface area contributed by atoms with Crippen molar-refractivity contribution in [3.63, 3.8) is 0 Å². The quantitative estimate of drug-likeness (QED) is 0.885. The van der Waals surface area contributed by atoms with E-state index in [4.69, 9.17) is 4.74 Å². The van der Waals surface area contributed by atoms with Crippen molar-refractivity contribution in [1.82, 2.24) is 29.9 Å². The van der Waals surface area contributed by atoms with Crippen molar-refractivity contribution in [3.8, 4) is 0 Å². The van der Waals surface area contributed by atoms with Crippen molar-refractivity contribution in [2.45, 2.75) is 71.1 Å². The number of rotatable bonds is 4. The molecular weight excluding hydrogens is 344 g/mol. The first-order chi connectivity index (χ1) is 12.9. The van der Waals surface area contributed by atoms with Gasteiger partial charge in [-0.05, 0) is 33.6 Å². The van der Waals surface area contributed by atoms with Gasteiger partial charge in [0.2, 0.25) is 5.91 Å². The third kappa shape index (κ3) is 2.96. The number of carbonyl (C=O) groups is 1. The Balaban J connectivity index is 1.60. The zero-order valence-electron chi connectivity index (χ0n) is 16.6. The van der Waals surface area contributed by atoms with Crippen LogP contribution < -0.4 is 5.32 Å². The van der Waals surface area contributed by atoms with Gasteiger partial charge in [0.25, 0.3) is 0 Å². The number of ether oxygens (including phenoxy) is 1. The van der Waals surface area contributed by atoms with Crippen molar-refractivity contribution in [3.05, 3.63) is 28.6 Å². The van der Waals surface area contributed by atoms with Gasteiger partial charge in [0.05, 0.1) is 12.3 Å². The normalized spacial score (nSPS) is 22.8. The lowest BCUT2D eigenvalue weighted by molar-refractivity contribution is -0.135. The first kappa shape index (κ1) is 18.2. The molecule has 1 unspecified atom stereocenters. The second-order valence-corrected chi connectivity index (χ2v) is 8.01. The maximum Gasteiger partial charge on any atom is 0.248 e. The van der Waals surface area contributed by atoms with Gasteiger partial charge >= 0.3 is 0 Å². The molecule has 0 bridgehead atoms. The molecule has 1 aliphatic heterocycles. The average molecular weight is 372 g/mol. The minimum absolute atomic E-state index is 0.0647. The van der Waals surface area contributed by atoms with Gasteiger partial charge in [-0.25, -0.2) is 0 Å². The summed E-state index contributed by atoms with van der Waals surface area (Å²) in [4.78, 5) is 13.3. The van der Waals surface area contributed by atoms with E-state index in [1.165, 1.54) is 12.8 Å². The molecule has 1 saturated carbocycles. The molecule has 0 aromatic carbocycles. The van der Waals surface area contributed by atoms with E-state index in [0.29, 0.717) is 25.7 Å². The molecule has 8 heteroatoms. The zero-order valence-corrected chi connectivity index (χ0v) is 16.6. The van der Waals surface area contributed by atoms with Crippen LogP contribution in [0, 0.1) is 13.8 Å². The first-order valence-corrected chi connectivity index (χ1v) is 9.71. The van der Waals surface area contributed by atoms with Crippen LogP contribution in [0.15, 0.2) is 0 Å². The van der Waals surface area contributed by atoms with Crippen LogP contribution in [0.2, 0.25) is 0 Å². The fourth-order valence-corrected chi connectivity index (χ4v) is 4.42. The maximum absolute atomic E-state index is 13.3. The molecule has 1 atom stereocenters. The van der Waals surface area contributed by atoms with Gasteiger partial charge in [-0.15, -0.1) is 10.2 Å². The van der Waals surface area contributed by atoms with Gasteiger partial charge in [-0.1, -0.05) is 12.8 Å². The van der Waals surface area contributed by atoms with E-state index >= 15 is 0 Å². The lowest BCUT2D eigenvalue weighted by Crippen LogP contribution is -2.53. The van der Waals surface area contributed by atoms with Crippen molar-refractivity contribution < 1.29 is 9.53 Å². The predicted octanol–water partition coefficient (Wildman–Crippen LogP) is 1.85. The number of fused-ring (bicyclic) bond motifs is 1. The largest absolute Gasteiger partial charge is 0.370 e. The number of hydrogen-bond donors (Lipinski definition) is 1. The van der Waals surface area contributed by atoms with Crippen molar-refractivity contribution in [1.29, 1.82) is 0 Å². The molecule has 146 valence electrons. The van der Waals surface area contributed by atoms with E-state index in [1.54, 1.807) is 0 Å². The van der Waals surface area contributed by atoms with E-state index in [-0.39, 0.29) is 5.91 Å². The molecule has 3 heterocycles.